The molecule has 1 aliphatic carbocycles. The van der Waals surface area contributed by atoms with E-state index in [0.717, 1.165) is 60.6 Å². The molecule has 1 aliphatic heterocycles. The predicted octanol–water partition coefficient (Wildman–Crippen LogP) is 6.42. The molecule has 0 saturated carbocycles. The van der Waals surface area contributed by atoms with E-state index in [9.17, 15) is 9.59 Å². The summed E-state index contributed by atoms with van der Waals surface area (Å²) >= 11 is 1.62. The molecule has 1 fully saturated rings. The van der Waals surface area contributed by atoms with Crippen LogP contribution in [-0.2, 0) is 19.4 Å². The molecular formula is C32H39N3O2S. The molecule has 1 saturated heterocycles. The molecule has 38 heavy (non-hydrogen) atoms. The van der Waals surface area contributed by atoms with Gasteiger partial charge in [-0.1, -0.05) is 69.3 Å². The number of hydrogen-bond donors (Lipinski definition) is 1. The van der Waals surface area contributed by atoms with E-state index in [4.69, 9.17) is 0 Å². The van der Waals surface area contributed by atoms with Crippen molar-refractivity contribution in [1.82, 2.24) is 9.80 Å². The number of nitrogens with zero attached hydrogens (tertiary/aromatic N) is 2. The summed E-state index contributed by atoms with van der Waals surface area (Å²) in [6.07, 6.45) is 2.93. The van der Waals surface area contributed by atoms with Crippen LogP contribution in [0.1, 0.15) is 69.5 Å². The maximum atomic E-state index is 14.0. The zero-order chi connectivity index (χ0) is 26.9. The van der Waals surface area contributed by atoms with Gasteiger partial charge in [-0.15, -0.1) is 11.3 Å². The number of rotatable bonds is 5. The number of amides is 2. The number of carbonyl (C=O) groups is 2. The van der Waals surface area contributed by atoms with E-state index in [2.05, 4.69) is 55.3 Å². The maximum absolute atomic E-state index is 14.0. The summed E-state index contributed by atoms with van der Waals surface area (Å²) in [6, 6.07) is 18.1. The first-order valence-electron chi connectivity index (χ1n) is 13.8. The van der Waals surface area contributed by atoms with E-state index in [1.165, 1.54) is 10.4 Å². The van der Waals surface area contributed by atoms with Crippen molar-refractivity contribution in [3.05, 3.63) is 87.3 Å². The Balaban J connectivity index is 1.38. The van der Waals surface area contributed by atoms with Crippen LogP contribution in [0.2, 0.25) is 0 Å². The van der Waals surface area contributed by atoms with E-state index in [0.29, 0.717) is 24.6 Å². The number of aryl methyl sites for hydroxylation is 1. The van der Waals surface area contributed by atoms with Crippen LogP contribution in [0, 0.1) is 18.3 Å². The van der Waals surface area contributed by atoms with Crippen molar-refractivity contribution in [1.29, 1.82) is 0 Å². The summed E-state index contributed by atoms with van der Waals surface area (Å²) in [5.74, 6) is 0.491. The minimum absolute atomic E-state index is 0.0659. The van der Waals surface area contributed by atoms with Crippen LogP contribution >= 0.6 is 11.3 Å². The van der Waals surface area contributed by atoms with E-state index >= 15 is 0 Å². The molecule has 0 spiro atoms. The molecule has 1 atom stereocenters. The van der Waals surface area contributed by atoms with E-state index in [1.807, 2.05) is 42.2 Å². The molecule has 5 rings (SSSR count). The Bertz CT molecular complexity index is 1300. The van der Waals surface area contributed by atoms with Crippen molar-refractivity contribution in [2.75, 3.05) is 31.5 Å². The fourth-order valence-electron chi connectivity index (χ4n) is 5.75. The van der Waals surface area contributed by atoms with Gasteiger partial charge >= 0.3 is 0 Å². The molecular weight excluding hydrogens is 490 g/mol. The molecule has 0 bridgehead atoms. The zero-order valence-electron chi connectivity index (χ0n) is 23.0. The van der Waals surface area contributed by atoms with Crippen LogP contribution in [0.4, 0.5) is 5.00 Å². The molecule has 0 radical (unpaired) electrons. The van der Waals surface area contributed by atoms with Crippen molar-refractivity contribution in [3.63, 3.8) is 0 Å². The first-order valence-corrected chi connectivity index (χ1v) is 14.6. The number of thiophene rings is 1. The fourth-order valence-corrected chi connectivity index (χ4v) is 7.06. The fraction of sp³-hybridized carbons (Fsp3) is 0.438. The third-order valence-corrected chi connectivity index (χ3v) is 9.40. The second-order valence-corrected chi connectivity index (χ2v) is 12.9. The summed E-state index contributed by atoms with van der Waals surface area (Å²) in [6.45, 7) is 12.9. The number of carbonyl (C=O) groups excluding carboxylic acids is 2. The van der Waals surface area contributed by atoms with Gasteiger partial charge in [-0.25, -0.2) is 0 Å². The summed E-state index contributed by atoms with van der Waals surface area (Å²) in [5, 5.41) is 3.88. The highest BCUT2D eigenvalue weighted by molar-refractivity contribution is 7.17. The van der Waals surface area contributed by atoms with Crippen LogP contribution in [-0.4, -0.2) is 47.8 Å². The van der Waals surface area contributed by atoms with Gasteiger partial charge in [0.05, 0.1) is 5.56 Å². The van der Waals surface area contributed by atoms with Gasteiger partial charge in [-0.3, -0.25) is 14.5 Å². The van der Waals surface area contributed by atoms with Crippen molar-refractivity contribution in [3.8, 4) is 0 Å². The van der Waals surface area contributed by atoms with Crippen LogP contribution in [0.3, 0.4) is 0 Å². The quantitative estimate of drug-likeness (QED) is 0.415. The third kappa shape index (κ3) is 5.71. The first kappa shape index (κ1) is 26.6. The van der Waals surface area contributed by atoms with Gasteiger partial charge in [-0.2, -0.15) is 0 Å². The van der Waals surface area contributed by atoms with Gasteiger partial charge in [0.1, 0.15) is 5.00 Å². The zero-order valence-corrected chi connectivity index (χ0v) is 23.9. The lowest BCUT2D eigenvalue weighted by molar-refractivity contribution is 0.0628. The molecule has 3 aromatic rings. The molecule has 1 aromatic heterocycles. The molecule has 2 amide bonds. The molecule has 6 heteroatoms. The second-order valence-electron chi connectivity index (χ2n) is 11.8. The van der Waals surface area contributed by atoms with Gasteiger partial charge in [0.2, 0.25) is 0 Å². The summed E-state index contributed by atoms with van der Waals surface area (Å²) < 4.78 is 0. The lowest BCUT2D eigenvalue weighted by Gasteiger charge is -2.36. The number of fused-ring (bicyclic) bond motifs is 1. The highest BCUT2D eigenvalue weighted by atomic mass is 32.1. The lowest BCUT2D eigenvalue weighted by atomic mass is 9.72. The SMILES string of the molecule is Cc1ccccc1C(=O)Nc1sc2c(c1C(=O)N1CCN(Cc3ccccc3)CC1)CC[C@H](C(C)(C)C)C2. The van der Waals surface area contributed by atoms with Gasteiger partial charge in [0.15, 0.2) is 0 Å². The third-order valence-electron chi connectivity index (χ3n) is 8.23. The Morgan fingerprint density at radius 1 is 0.974 bits per heavy atom. The van der Waals surface area contributed by atoms with Gasteiger partial charge in [-0.05, 0) is 60.3 Å². The molecule has 2 heterocycles. The van der Waals surface area contributed by atoms with Crippen LogP contribution in [0.25, 0.3) is 0 Å². The molecule has 1 N–H and O–H groups in total. The Hall–Kier alpha value is -2.96. The van der Waals surface area contributed by atoms with E-state index in [1.54, 1.807) is 11.3 Å². The second kappa shape index (κ2) is 11.0. The highest BCUT2D eigenvalue weighted by Crippen LogP contribution is 2.45. The number of benzene rings is 2. The molecule has 200 valence electrons. The van der Waals surface area contributed by atoms with Crippen molar-refractivity contribution >= 4 is 28.2 Å². The Labute approximate surface area is 230 Å². The van der Waals surface area contributed by atoms with Crippen LogP contribution in [0.15, 0.2) is 54.6 Å². The maximum Gasteiger partial charge on any atom is 0.257 e. The van der Waals surface area contributed by atoms with Crippen LogP contribution < -0.4 is 5.32 Å². The monoisotopic (exact) mass is 529 g/mol. The normalized spacial score (nSPS) is 18.2. The van der Waals surface area contributed by atoms with E-state index < -0.39 is 0 Å². The Kier molecular flexibility index (Phi) is 7.73. The average molecular weight is 530 g/mol. The molecule has 5 nitrogen and oxygen atoms in total. The number of hydrogen-bond acceptors (Lipinski definition) is 4. The number of piperazine rings is 1. The minimum atomic E-state index is -0.143. The number of nitrogens with one attached hydrogen (secondary N) is 1. The van der Waals surface area contributed by atoms with Gasteiger partial charge in [0, 0.05) is 43.2 Å². The summed E-state index contributed by atoms with van der Waals surface area (Å²) in [7, 11) is 0. The standard InChI is InChI=1S/C32H39N3O2S/c1-22-10-8-9-13-25(22)29(36)33-30-28(26-15-14-24(32(2,3)4)20-27(26)38-30)31(37)35-18-16-34(17-19-35)21-23-11-6-5-7-12-23/h5-13,24H,14-21H2,1-4H3,(H,33,36)/t24-/m0/s1. The topological polar surface area (TPSA) is 52.7 Å². The van der Waals surface area contributed by atoms with Crippen molar-refractivity contribution in [2.24, 2.45) is 11.3 Å². The Morgan fingerprint density at radius 2 is 1.66 bits per heavy atom. The molecule has 2 aromatic carbocycles. The largest absolute Gasteiger partial charge is 0.336 e. The van der Waals surface area contributed by atoms with Gasteiger partial charge < -0.3 is 10.2 Å². The highest BCUT2D eigenvalue weighted by Gasteiger charge is 2.36. The minimum Gasteiger partial charge on any atom is -0.336 e. The van der Waals surface area contributed by atoms with Crippen molar-refractivity contribution in [2.45, 2.75) is 53.5 Å². The van der Waals surface area contributed by atoms with Crippen LogP contribution in [0.5, 0.6) is 0 Å². The Morgan fingerprint density at radius 3 is 2.34 bits per heavy atom. The predicted molar refractivity (Wildman–Crippen MR) is 156 cm³/mol. The summed E-state index contributed by atoms with van der Waals surface area (Å²) in [5.41, 5.74) is 4.99. The van der Waals surface area contributed by atoms with Gasteiger partial charge in [0.25, 0.3) is 11.8 Å². The number of anilines is 1. The van der Waals surface area contributed by atoms with Crippen molar-refractivity contribution < 1.29 is 9.59 Å². The molecule has 2 aliphatic rings. The van der Waals surface area contributed by atoms with E-state index in [-0.39, 0.29) is 17.2 Å². The summed E-state index contributed by atoms with van der Waals surface area (Å²) in [4.78, 5) is 33.0. The smallest absolute Gasteiger partial charge is 0.257 e. The average Bonchev–Trinajstić information content (AvgIpc) is 3.26. The lowest BCUT2D eigenvalue weighted by Crippen LogP contribution is -2.48. The molecule has 0 unspecified atom stereocenters. The first-order chi connectivity index (χ1) is 18.2.